The Hall–Kier alpha value is -1.07. The maximum absolute atomic E-state index is 12.4. The van der Waals surface area contributed by atoms with Gasteiger partial charge in [0.1, 0.15) is 5.75 Å². The lowest BCUT2D eigenvalue weighted by Crippen LogP contribution is -2.49. The summed E-state index contributed by atoms with van der Waals surface area (Å²) in [6, 6.07) is 6.00. The Morgan fingerprint density at radius 1 is 1.26 bits per heavy atom. The molecule has 5 heteroatoms. The Morgan fingerprint density at radius 2 is 1.96 bits per heavy atom. The number of hydrogen-bond acceptors (Lipinski definition) is 3. The molecule has 1 aromatic rings. The summed E-state index contributed by atoms with van der Waals surface area (Å²) in [7, 11) is 1.65. The van der Waals surface area contributed by atoms with Gasteiger partial charge in [-0.1, -0.05) is 19.9 Å². The van der Waals surface area contributed by atoms with Gasteiger partial charge in [-0.2, -0.15) is 0 Å². The molecule has 1 aliphatic heterocycles. The molecular weight excluding hydrogens is 356 g/mol. The molecule has 1 amide bonds. The lowest BCUT2D eigenvalue weighted by molar-refractivity contribution is -0.132. The van der Waals surface area contributed by atoms with Gasteiger partial charge >= 0.3 is 0 Å². The molecule has 128 valence electrons. The molecule has 0 spiro atoms. The number of benzene rings is 1. The van der Waals surface area contributed by atoms with E-state index in [4.69, 9.17) is 4.74 Å². The van der Waals surface area contributed by atoms with E-state index in [0.29, 0.717) is 12.3 Å². The molecule has 0 bridgehead atoms. The topological polar surface area (TPSA) is 32.8 Å². The van der Waals surface area contributed by atoms with Gasteiger partial charge < -0.3 is 9.64 Å². The minimum Gasteiger partial charge on any atom is -0.496 e. The molecule has 0 aromatic heterocycles. The van der Waals surface area contributed by atoms with Crippen LogP contribution < -0.4 is 4.74 Å². The third-order valence-electron chi connectivity index (χ3n) is 4.19. The fourth-order valence-corrected chi connectivity index (χ4v) is 3.56. The van der Waals surface area contributed by atoms with Crippen LogP contribution in [0.1, 0.15) is 25.8 Å². The Labute approximate surface area is 147 Å². The van der Waals surface area contributed by atoms with Gasteiger partial charge in [0, 0.05) is 39.1 Å². The minimum atomic E-state index is 0.265. The predicted molar refractivity (Wildman–Crippen MR) is 96.9 cm³/mol. The van der Waals surface area contributed by atoms with E-state index in [1.54, 1.807) is 7.11 Å². The zero-order chi connectivity index (χ0) is 16.8. The molecular formula is C18H27BrN2O2. The van der Waals surface area contributed by atoms with Gasteiger partial charge in [-0.05, 0) is 46.0 Å². The number of aryl methyl sites for hydroxylation is 1. The van der Waals surface area contributed by atoms with Crippen molar-refractivity contribution in [2.45, 2.75) is 26.7 Å². The summed E-state index contributed by atoms with van der Waals surface area (Å²) in [5.41, 5.74) is 1.16. The van der Waals surface area contributed by atoms with Crippen molar-refractivity contribution in [3.05, 3.63) is 28.2 Å². The number of halogens is 1. The zero-order valence-electron chi connectivity index (χ0n) is 14.3. The largest absolute Gasteiger partial charge is 0.496 e. The van der Waals surface area contributed by atoms with E-state index >= 15 is 0 Å². The second-order valence-electron chi connectivity index (χ2n) is 6.54. The molecule has 0 radical (unpaired) electrons. The summed E-state index contributed by atoms with van der Waals surface area (Å²) in [5.74, 6) is 1.77. The van der Waals surface area contributed by atoms with Crippen LogP contribution in [0.3, 0.4) is 0 Å². The van der Waals surface area contributed by atoms with Crippen molar-refractivity contribution in [3.8, 4) is 5.75 Å². The molecule has 1 aromatic carbocycles. The first-order valence-corrected chi connectivity index (χ1v) is 9.11. The van der Waals surface area contributed by atoms with Crippen molar-refractivity contribution < 1.29 is 9.53 Å². The van der Waals surface area contributed by atoms with Gasteiger partial charge in [-0.25, -0.2) is 0 Å². The Bertz CT molecular complexity index is 526. The van der Waals surface area contributed by atoms with Crippen LogP contribution in [-0.2, 0) is 11.2 Å². The van der Waals surface area contributed by atoms with E-state index in [9.17, 15) is 4.79 Å². The first-order chi connectivity index (χ1) is 11.0. The van der Waals surface area contributed by atoms with Crippen LogP contribution in [0.2, 0.25) is 0 Å². The summed E-state index contributed by atoms with van der Waals surface area (Å²) in [4.78, 5) is 16.8. The van der Waals surface area contributed by atoms with Gasteiger partial charge in [0.15, 0.2) is 0 Å². The number of carbonyl (C=O) groups is 1. The van der Waals surface area contributed by atoms with Crippen molar-refractivity contribution in [3.63, 3.8) is 0 Å². The van der Waals surface area contributed by atoms with Crippen molar-refractivity contribution in [1.82, 2.24) is 9.80 Å². The average molecular weight is 383 g/mol. The second-order valence-corrected chi connectivity index (χ2v) is 7.40. The Kier molecular flexibility index (Phi) is 6.90. The number of rotatable bonds is 6. The fourth-order valence-electron chi connectivity index (χ4n) is 2.97. The summed E-state index contributed by atoms with van der Waals surface area (Å²) < 4.78 is 6.17. The molecule has 0 unspecified atom stereocenters. The summed E-state index contributed by atoms with van der Waals surface area (Å²) in [6.07, 6.45) is 1.34. The first-order valence-electron chi connectivity index (χ1n) is 8.32. The highest BCUT2D eigenvalue weighted by Gasteiger charge is 2.21. The molecule has 2 rings (SSSR count). The monoisotopic (exact) mass is 382 g/mol. The maximum atomic E-state index is 12.4. The van der Waals surface area contributed by atoms with Crippen LogP contribution in [0, 0.1) is 5.92 Å². The van der Waals surface area contributed by atoms with Crippen molar-refractivity contribution in [1.29, 1.82) is 0 Å². The third-order valence-corrected chi connectivity index (χ3v) is 4.81. The smallest absolute Gasteiger partial charge is 0.222 e. The summed E-state index contributed by atoms with van der Waals surface area (Å²) >= 11 is 3.49. The minimum absolute atomic E-state index is 0.265. The van der Waals surface area contributed by atoms with Crippen molar-refractivity contribution in [2.75, 3.05) is 39.8 Å². The van der Waals surface area contributed by atoms with Gasteiger partial charge in [0.05, 0.1) is 11.6 Å². The number of amides is 1. The van der Waals surface area contributed by atoms with Crippen LogP contribution in [0.25, 0.3) is 0 Å². The normalized spacial score (nSPS) is 16.0. The molecule has 1 aliphatic rings. The molecule has 0 saturated carbocycles. The van der Waals surface area contributed by atoms with Gasteiger partial charge in [-0.3, -0.25) is 9.69 Å². The van der Waals surface area contributed by atoms with E-state index in [-0.39, 0.29) is 5.91 Å². The molecule has 1 saturated heterocycles. The number of hydrogen-bond donors (Lipinski definition) is 0. The standard InChI is InChI=1S/C18H27BrN2O2/c1-14(2)13-20-8-10-21(11-9-20)18(22)7-5-15-4-6-17(23-3)16(19)12-15/h4,6,12,14H,5,7-11,13H2,1-3H3. The quantitative estimate of drug-likeness (QED) is 0.757. The van der Waals surface area contributed by atoms with E-state index in [1.807, 2.05) is 23.1 Å². The number of piperazine rings is 1. The Morgan fingerprint density at radius 3 is 2.52 bits per heavy atom. The van der Waals surface area contributed by atoms with Crippen molar-refractivity contribution in [2.24, 2.45) is 5.92 Å². The number of methoxy groups -OCH3 is 1. The molecule has 1 heterocycles. The zero-order valence-corrected chi connectivity index (χ0v) is 15.9. The molecule has 1 fully saturated rings. The van der Waals surface area contributed by atoms with Crippen molar-refractivity contribution >= 4 is 21.8 Å². The van der Waals surface area contributed by atoms with Gasteiger partial charge in [0.25, 0.3) is 0 Å². The van der Waals surface area contributed by atoms with Crippen LogP contribution in [0.15, 0.2) is 22.7 Å². The second kappa shape index (κ2) is 8.69. The van der Waals surface area contributed by atoms with E-state index in [2.05, 4.69) is 34.7 Å². The highest BCUT2D eigenvalue weighted by molar-refractivity contribution is 9.10. The SMILES string of the molecule is COc1ccc(CCC(=O)N2CCN(CC(C)C)CC2)cc1Br. The predicted octanol–water partition coefficient (Wildman–Crippen LogP) is 3.19. The number of ether oxygens (including phenoxy) is 1. The molecule has 4 nitrogen and oxygen atoms in total. The maximum Gasteiger partial charge on any atom is 0.222 e. The van der Waals surface area contributed by atoms with E-state index < -0.39 is 0 Å². The summed E-state index contributed by atoms with van der Waals surface area (Å²) in [6.45, 7) is 9.32. The molecule has 0 N–H and O–H groups in total. The Balaban J connectivity index is 1.78. The third kappa shape index (κ3) is 5.50. The highest BCUT2D eigenvalue weighted by Crippen LogP contribution is 2.26. The van der Waals surface area contributed by atoms with E-state index in [0.717, 1.165) is 54.9 Å². The van der Waals surface area contributed by atoms with Gasteiger partial charge in [-0.15, -0.1) is 0 Å². The fraction of sp³-hybridized carbons (Fsp3) is 0.611. The molecule has 23 heavy (non-hydrogen) atoms. The first kappa shape index (κ1) is 18.3. The van der Waals surface area contributed by atoms with Crippen LogP contribution >= 0.6 is 15.9 Å². The van der Waals surface area contributed by atoms with Gasteiger partial charge in [0.2, 0.25) is 5.91 Å². The van der Waals surface area contributed by atoms with Crippen LogP contribution in [-0.4, -0.2) is 55.5 Å². The number of carbonyl (C=O) groups excluding carboxylic acids is 1. The van der Waals surface area contributed by atoms with Crippen LogP contribution in [0.4, 0.5) is 0 Å². The summed E-state index contributed by atoms with van der Waals surface area (Å²) in [5, 5.41) is 0. The molecule has 0 atom stereocenters. The van der Waals surface area contributed by atoms with Crippen LogP contribution in [0.5, 0.6) is 5.75 Å². The average Bonchev–Trinajstić information content (AvgIpc) is 2.53. The van der Waals surface area contributed by atoms with E-state index in [1.165, 1.54) is 0 Å². The molecule has 0 aliphatic carbocycles. The lowest BCUT2D eigenvalue weighted by Gasteiger charge is -2.35. The lowest BCUT2D eigenvalue weighted by atomic mass is 10.1. The number of nitrogens with zero attached hydrogens (tertiary/aromatic N) is 2. The highest BCUT2D eigenvalue weighted by atomic mass is 79.9.